The Hall–Kier alpha value is -4.90. The van der Waals surface area contributed by atoms with Crippen molar-refractivity contribution in [3.63, 3.8) is 0 Å². The summed E-state index contributed by atoms with van der Waals surface area (Å²) < 4.78 is 27.1. The minimum atomic E-state index is -1.97. The van der Waals surface area contributed by atoms with E-state index in [1.165, 1.54) is 18.4 Å². The van der Waals surface area contributed by atoms with Crippen molar-refractivity contribution in [1.29, 1.82) is 0 Å². The molecule has 50 heavy (non-hydrogen) atoms. The van der Waals surface area contributed by atoms with Crippen LogP contribution in [0.3, 0.4) is 0 Å². The first kappa shape index (κ1) is 33.6. The lowest BCUT2D eigenvalue weighted by molar-refractivity contribution is -0.142. The monoisotopic (exact) mass is 762 g/mol. The first-order chi connectivity index (χ1) is 24.4. The summed E-state index contributed by atoms with van der Waals surface area (Å²) in [5.74, 6) is -0.277. The maximum absolute atomic E-state index is 14.7. The van der Waals surface area contributed by atoms with Gasteiger partial charge in [0.2, 0.25) is 16.9 Å². The molecule has 1 aromatic heterocycles. The molecule has 1 aliphatic rings. The summed E-state index contributed by atoms with van der Waals surface area (Å²) in [7, 11) is 1.34. The van der Waals surface area contributed by atoms with Gasteiger partial charge in [-0.15, -0.1) is 0 Å². The first-order valence-electron chi connectivity index (χ1n) is 15.9. The molecule has 0 saturated carbocycles. The highest BCUT2D eigenvalue weighted by molar-refractivity contribution is 9.10. The molecule has 1 aliphatic heterocycles. The third-order valence-corrected chi connectivity index (χ3v) is 11.8. The van der Waals surface area contributed by atoms with Gasteiger partial charge in [0.1, 0.15) is 27.5 Å². The predicted octanol–water partition coefficient (Wildman–Crippen LogP) is 8.61. The van der Waals surface area contributed by atoms with Crippen LogP contribution >= 0.6 is 27.3 Å². The van der Waals surface area contributed by atoms with E-state index in [-0.39, 0.29) is 12.2 Å². The third kappa shape index (κ3) is 6.19. The van der Waals surface area contributed by atoms with Crippen molar-refractivity contribution in [1.82, 2.24) is 4.98 Å². The molecule has 7 rings (SSSR count). The number of anilines is 1. The standard InChI is InChI=1S/C40H31BrN2O5S2/c1-47-38(45)33-26-34(50(46)48-32-20-12-5-13-21-32)40(29-16-8-3-9-17-29,30-18-10-4-11-19-30)43(33)39-42-35(27-14-6-2-7-15-27)37(49-39)36(44)28-22-24-31(41)25-23-28/h2-25,33-34H,26H2,1H3/t33-,34-,50?/m1/s1. The Labute approximate surface area is 305 Å². The van der Waals surface area contributed by atoms with E-state index in [0.717, 1.165) is 21.2 Å². The summed E-state index contributed by atoms with van der Waals surface area (Å²) in [6.45, 7) is 0. The molecule has 0 amide bonds. The summed E-state index contributed by atoms with van der Waals surface area (Å²) in [4.78, 5) is 35.7. The zero-order valence-electron chi connectivity index (χ0n) is 26.8. The largest absolute Gasteiger partial charge is 0.467 e. The van der Waals surface area contributed by atoms with E-state index >= 15 is 0 Å². The smallest absolute Gasteiger partial charge is 0.328 e. The number of carbonyl (C=O) groups is 2. The summed E-state index contributed by atoms with van der Waals surface area (Å²) in [6, 6.07) is 44.1. The van der Waals surface area contributed by atoms with Crippen molar-refractivity contribution < 1.29 is 22.7 Å². The second-order valence-corrected chi connectivity index (χ2v) is 14.8. The van der Waals surface area contributed by atoms with E-state index in [1.54, 1.807) is 24.3 Å². The Morgan fingerprint density at radius 3 is 1.90 bits per heavy atom. The fraction of sp³-hybridized carbons (Fsp3) is 0.125. The van der Waals surface area contributed by atoms with Gasteiger partial charge in [-0.05, 0) is 53.9 Å². The molecule has 0 spiro atoms. The van der Waals surface area contributed by atoms with Gasteiger partial charge < -0.3 is 13.8 Å². The fourth-order valence-electron chi connectivity index (χ4n) is 6.64. The molecular weight excluding hydrogens is 732 g/mol. The van der Waals surface area contributed by atoms with Crippen LogP contribution in [0.1, 0.15) is 32.8 Å². The number of hydrogen-bond acceptors (Lipinski definition) is 8. The van der Waals surface area contributed by atoms with Gasteiger partial charge >= 0.3 is 5.97 Å². The zero-order valence-corrected chi connectivity index (χ0v) is 30.1. The number of esters is 1. The van der Waals surface area contributed by atoms with Gasteiger partial charge in [-0.25, -0.2) is 14.0 Å². The van der Waals surface area contributed by atoms with E-state index in [9.17, 15) is 13.8 Å². The molecule has 5 aromatic carbocycles. The zero-order chi connectivity index (χ0) is 34.7. The average molecular weight is 764 g/mol. The normalized spacial score (nSPS) is 17.2. The quantitative estimate of drug-likeness (QED) is 0.102. The Bertz CT molecular complexity index is 2090. The first-order valence-corrected chi connectivity index (χ1v) is 18.6. The van der Waals surface area contributed by atoms with Crippen LogP contribution in [0.15, 0.2) is 150 Å². The van der Waals surface area contributed by atoms with Crippen LogP contribution in [-0.4, -0.2) is 39.3 Å². The number of ketones is 1. The van der Waals surface area contributed by atoms with Gasteiger partial charge in [-0.3, -0.25) is 4.79 Å². The Balaban J connectivity index is 1.50. The molecule has 10 heteroatoms. The summed E-state index contributed by atoms with van der Waals surface area (Å²) in [5.41, 5.74) is 2.06. The van der Waals surface area contributed by atoms with E-state index in [4.69, 9.17) is 13.9 Å². The second-order valence-electron chi connectivity index (χ2n) is 11.7. The highest BCUT2D eigenvalue weighted by Gasteiger charge is 2.62. The second kappa shape index (κ2) is 14.5. The van der Waals surface area contributed by atoms with Crippen molar-refractivity contribution in [2.24, 2.45) is 0 Å². The third-order valence-electron chi connectivity index (χ3n) is 8.83. The Morgan fingerprint density at radius 1 is 0.800 bits per heavy atom. The lowest BCUT2D eigenvalue weighted by Crippen LogP contribution is -2.53. The minimum absolute atomic E-state index is 0.117. The van der Waals surface area contributed by atoms with Crippen LogP contribution in [0.2, 0.25) is 0 Å². The number of para-hydroxylation sites is 1. The van der Waals surface area contributed by atoms with E-state index in [1.807, 2.05) is 126 Å². The number of aromatic nitrogens is 1. The van der Waals surface area contributed by atoms with Crippen molar-refractivity contribution in [2.45, 2.75) is 23.3 Å². The average Bonchev–Trinajstić information content (AvgIpc) is 3.77. The molecule has 2 heterocycles. The molecule has 6 aromatic rings. The van der Waals surface area contributed by atoms with Crippen LogP contribution in [0.25, 0.3) is 11.3 Å². The van der Waals surface area contributed by atoms with E-state index in [2.05, 4.69) is 15.9 Å². The van der Waals surface area contributed by atoms with Gasteiger partial charge in [0.25, 0.3) is 0 Å². The number of halogens is 1. The summed E-state index contributed by atoms with van der Waals surface area (Å²) in [6.07, 6.45) is 0.117. The topological polar surface area (TPSA) is 85.8 Å². The highest BCUT2D eigenvalue weighted by atomic mass is 79.9. The van der Waals surface area contributed by atoms with Crippen molar-refractivity contribution in [3.05, 3.63) is 172 Å². The predicted molar refractivity (Wildman–Crippen MR) is 201 cm³/mol. The number of benzene rings is 5. The van der Waals surface area contributed by atoms with Crippen molar-refractivity contribution in [2.75, 3.05) is 12.0 Å². The number of rotatable bonds is 10. The molecule has 1 unspecified atom stereocenters. The van der Waals surface area contributed by atoms with Crippen LogP contribution in [-0.2, 0) is 26.2 Å². The number of hydrogen-bond donors (Lipinski definition) is 0. The number of carbonyl (C=O) groups excluding carboxylic acids is 2. The molecule has 250 valence electrons. The molecular formula is C40H31BrN2O5S2. The molecule has 1 saturated heterocycles. The SMILES string of the molecule is COC(=O)[C@H]1C[C@@H](S(=O)Oc2ccccc2)C(c2ccccc2)(c2ccccc2)N1c1nc(-c2ccccc2)c(C(=O)c2ccc(Br)cc2)s1. The summed E-state index contributed by atoms with van der Waals surface area (Å²) >= 11 is 2.70. The van der Waals surface area contributed by atoms with Gasteiger partial charge in [-0.2, -0.15) is 0 Å². The van der Waals surface area contributed by atoms with E-state index in [0.29, 0.717) is 27.0 Å². The summed E-state index contributed by atoms with van der Waals surface area (Å²) in [5, 5.41) is -0.377. The number of ether oxygens (including phenoxy) is 1. The van der Waals surface area contributed by atoms with E-state index < -0.39 is 33.9 Å². The number of methoxy groups -OCH3 is 1. The molecule has 0 N–H and O–H groups in total. The van der Waals surface area contributed by atoms with Crippen LogP contribution in [0.4, 0.5) is 5.13 Å². The molecule has 0 bridgehead atoms. The highest BCUT2D eigenvalue weighted by Crippen LogP contribution is 2.53. The molecule has 0 aliphatic carbocycles. The van der Waals surface area contributed by atoms with Gasteiger partial charge in [-0.1, -0.05) is 136 Å². The fourth-order valence-corrected chi connectivity index (χ4v) is 9.48. The molecule has 1 fully saturated rings. The molecule has 3 atom stereocenters. The van der Waals surface area contributed by atoms with Crippen molar-refractivity contribution >= 4 is 55.2 Å². The van der Waals surface area contributed by atoms with Gasteiger partial charge in [0.05, 0.1) is 12.8 Å². The molecule has 7 nitrogen and oxygen atoms in total. The van der Waals surface area contributed by atoms with Gasteiger partial charge in [0, 0.05) is 15.6 Å². The molecule has 0 radical (unpaired) electrons. The number of thiazole rings is 1. The maximum Gasteiger partial charge on any atom is 0.328 e. The lowest BCUT2D eigenvalue weighted by atomic mass is 9.80. The van der Waals surface area contributed by atoms with Crippen LogP contribution in [0.5, 0.6) is 5.75 Å². The lowest BCUT2D eigenvalue weighted by Gasteiger charge is -2.43. The number of nitrogens with zero attached hydrogens (tertiary/aromatic N) is 2. The minimum Gasteiger partial charge on any atom is -0.467 e. The van der Waals surface area contributed by atoms with Crippen molar-refractivity contribution in [3.8, 4) is 17.0 Å². The maximum atomic E-state index is 14.7. The van der Waals surface area contributed by atoms with Crippen LogP contribution < -0.4 is 9.08 Å². The Morgan fingerprint density at radius 2 is 1.34 bits per heavy atom. The Kier molecular flexibility index (Phi) is 9.76. The van der Waals surface area contributed by atoms with Crippen LogP contribution in [0, 0.1) is 0 Å². The van der Waals surface area contributed by atoms with Gasteiger partial charge in [0.15, 0.2) is 5.13 Å².